The number of hydrogen-bond acceptors (Lipinski definition) is 4. The van der Waals surface area contributed by atoms with E-state index in [1.54, 1.807) is 17.0 Å². The minimum absolute atomic E-state index is 0.0599. The smallest absolute Gasteiger partial charge is 0.254 e. The number of benzene rings is 2. The molecule has 2 aliphatic heterocycles. The fourth-order valence-corrected chi connectivity index (χ4v) is 4.64. The number of amides is 2. The number of carbonyl (C=O) groups is 2. The van der Waals surface area contributed by atoms with Crippen LogP contribution in [0.3, 0.4) is 0 Å². The Morgan fingerprint density at radius 3 is 2.35 bits per heavy atom. The van der Waals surface area contributed by atoms with E-state index in [1.165, 1.54) is 0 Å². The first kappa shape index (κ1) is 21.4. The zero-order chi connectivity index (χ0) is 21.8. The topological polar surface area (TPSA) is 67.7 Å². The number of nitriles is 1. The summed E-state index contributed by atoms with van der Waals surface area (Å²) >= 11 is 3.40. The van der Waals surface area contributed by atoms with Gasteiger partial charge in [-0.3, -0.25) is 9.59 Å². The number of rotatable bonds is 3. The van der Waals surface area contributed by atoms with Crippen molar-refractivity contribution < 1.29 is 9.59 Å². The van der Waals surface area contributed by atoms with E-state index in [1.807, 2.05) is 41.3 Å². The maximum atomic E-state index is 13.4. The van der Waals surface area contributed by atoms with E-state index < -0.39 is 0 Å². The van der Waals surface area contributed by atoms with Crippen LogP contribution < -0.4 is 4.90 Å². The van der Waals surface area contributed by atoms with Gasteiger partial charge in [0.2, 0.25) is 5.91 Å². The van der Waals surface area contributed by atoms with Crippen molar-refractivity contribution in [3.05, 3.63) is 64.1 Å². The summed E-state index contributed by atoms with van der Waals surface area (Å²) in [7, 11) is 0. The van der Waals surface area contributed by atoms with Gasteiger partial charge >= 0.3 is 0 Å². The first-order valence-corrected chi connectivity index (χ1v) is 11.5. The van der Waals surface area contributed by atoms with Crippen molar-refractivity contribution in [1.82, 2.24) is 9.80 Å². The third-order valence-corrected chi connectivity index (χ3v) is 6.59. The first-order chi connectivity index (χ1) is 15.1. The highest BCUT2D eigenvalue weighted by Crippen LogP contribution is 2.24. The maximum Gasteiger partial charge on any atom is 0.254 e. The Balaban J connectivity index is 1.41. The molecule has 1 atom stereocenters. The van der Waals surface area contributed by atoms with Gasteiger partial charge in [0.05, 0.1) is 11.6 Å². The van der Waals surface area contributed by atoms with Gasteiger partial charge in [-0.15, -0.1) is 0 Å². The number of anilines is 1. The molecule has 4 rings (SSSR count). The lowest BCUT2D eigenvalue weighted by atomic mass is 10.1. The summed E-state index contributed by atoms with van der Waals surface area (Å²) in [6.07, 6.45) is 2.44. The summed E-state index contributed by atoms with van der Waals surface area (Å²) in [5.41, 5.74) is 2.33. The highest BCUT2D eigenvalue weighted by atomic mass is 79.9. The summed E-state index contributed by atoms with van der Waals surface area (Å²) in [5, 5.41) is 8.99. The van der Waals surface area contributed by atoms with Gasteiger partial charge in [0, 0.05) is 48.4 Å². The van der Waals surface area contributed by atoms with Gasteiger partial charge in [0.1, 0.15) is 6.04 Å². The van der Waals surface area contributed by atoms with Gasteiger partial charge in [-0.1, -0.05) is 15.9 Å². The van der Waals surface area contributed by atoms with E-state index in [9.17, 15) is 9.59 Å². The molecule has 2 heterocycles. The summed E-state index contributed by atoms with van der Waals surface area (Å²) in [4.78, 5) is 32.3. The zero-order valence-electron chi connectivity index (χ0n) is 17.3. The van der Waals surface area contributed by atoms with Crippen LogP contribution in [-0.2, 0) is 4.79 Å². The summed E-state index contributed by atoms with van der Waals surface area (Å²) in [6, 6.07) is 16.7. The second-order valence-corrected chi connectivity index (χ2v) is 8.90. The van der Waals surface area contributed by atoms with Crippen LogP contribution >= 0.6 is 15.9 Å². The van der Waals surface area contributed by atoms with Crippen LogP contribution in [0, 0.1) is 11.3 Å². The molecule has 2 aliphatic rings. The van der Waals surface area contributed by atoms with Crippen molar-refractivity contribution in [1.29, 1.82) is 5.26 Å². The van der Waals surface area contributed by atoms with Crippen LogP contribution in [-0.4, -0.2) is 60.4 Å². The van der Waals surface area contributed by atoms with Crippen molar-refractivity contribution in [3.8, 4) is 6.07 Å². The lowest BCUT2D eigenvalue weighted by Gasteiger charge is -2.30. The van der Waals surface area contributed by atoms with Gasteiger partial charge in [0.15, 0.2) is 0 Å². The van der Waals surface area contributed by atoms with Crippen LogP contribution in [0.1, 0.15) is 35.2 Å². The monoisotopic (exact) mass is 480 g/mol. The quantitative estimate of drug-likeness (QED) is 0.671. The van der Waals surface area contributed by atoms with Crippen molar-refractivity contribution in [2.24, 2.45) is 0 Å². The molecule has 2 aromatic carbocycles. The molecule has 1 unspecified atom stereocenters. The molecule has 0 bridgehead atoms. The van der Waals surface area contributed by atoms with Gasteiger partial charge in [-0.2, -0.15) is 5.26 Å². The Bertz CT molecular complexity index is 984. The molecule has 2 amide bonds. The van der Waals surface area contributed by atoms with Crippen molar-refractivity contribution in [2.75, 3.05) is 37.6 Å². The van der Waals surface area contributed by atoms with Crippen molar-refractivity contribution in [2.45, 2.75) is 25.3 Å². The minimum Gasteiger partial charge on any atom is -0.370 e. The Kier molecular flexibility index (Phi) is 6.57. The standard InChI is InChI=1S/C24H25BrN4O2/c25-20-8-6-19(7-9-20)23(30)29-14-1-3-22(29)24(31)28-13-2-12-27(15-16-28)21-10-4-18(17-26)5-11-21/h4-11,22H,1-3,12-16H2. The third kappa shape index (κ3) is 4.75. The normalized spacial score (nSPS) is 19.1. The maximum absolute atomic E-state index is 13.4. The number of halogens is 1. The number of hydrogen-bond donors (Lipinski definition) is 0. The number of nitrogens with zero attached hydrogens (tertiary/aromatic N) is 4. The average molecular weight is 481 g/mol. The third-order valence-electron chi connectivity index (χ3n) is 6.06. The SMILES string of the molecule is N#Cc1ccc(N2CCCN(C(=O)C3CCCN3C(=O)c3ccc(Br)cc3)CC2)cc1. The molecule has 0 aromatic heterocycles. The van der Waals surface area contributed by atoms with E-state index in [-0.39, 0.29) is 17.9 Å². The molecule has 0 N–H and O–H groups in total. The highest BCUT2D eigenvalue weighted by molar-refractivity contribution is 9.10. The Morgan fingerprint density at radius 2 is 1.65 bits per heavy atom. The summed E-state index contributed by atoms with van der Waals surface area (Å²) < 4.78 is 0.925. The van der Waals surface area contributed by atoms with Gasteiger partial charge in [-0.05, 0) is 67.8 Å². The molecule has 0 aliphatic carbocycles. The number of carbonyl (C=O) groups excluding carboxylic acids is 2. The second-order valence-electron chi connectivity index (χ2n) is 7.99. The molecule has 7 heteroatoms. The van der Waals surface area contributed by atoms with Gasteiger partial charge in [-0.25, -0.2) is 0 Å². The van der Waals surface area contributed by atoms with Crippen LogP contribution in [0.4, 0.5) is 5.69 Å². The van der Waals surface area contributed by atoms with Crippen molar-refractivity contribution >= 4 is 33.4 Å². The fourth-order valence-electron chi connectivity index (χ4n) is 4.38. The molecule has 0 radical (unpaired) electrons. The average Bonchev–Trinajstić information content (AvgIpc) is 3.16. The highest BCUT2D eigenvalue weighted by Gasteiger charge is 2.37. The molecule has 2 saturated heterocycles. The van der Waals surface area contributed by atoms with Crippen molar-refractivity contribution in [3.63, 3.8) is 0 Å². The zero-order valence-corrected chi connectivity index (χ0v) is 18.9. The molecular weight excluding hydrogens is 456 g/mol. The summed E-state index contributed by atoms with van der Waals surface area (Å²) in [6.45, 7) is 3.56. The van der Waals surface area contributed by atoms with Gasteiger partial charge in [0.25, 0.3) is 5.91 Å². The lowest BCUT2D eigenvalue weighted by Crippen LogP contribution is -2.48. The predicted octanol–water partition coefficient (Wildman–Crippen LogP) is 3.66. The van der Waals surface area contributed by atoms with E-state index >= 15 is 0 Å². The Hall–Kier alpha value is -2.85. The van der Waals surface area contributed by atoms with Gasteiger partial charge < -0.3 is 14.7 Å². The Morgan fingerprint density at radius 1 is 0.903 bits per heavy atom. The van der Waals surface area contributed by atoms with Crippen LogP contribution in [0.2, 0.25) is 0 Å². The van der Waals surface area contributed by atoms with Crippen LogP contribution in [0.5, 0.6) is 0 Å². The van der Waals surface area contributed by atoms with E-state index in [0.29, 0.717) is 30.8 Å². The van der Waals surface area contributed by atoms with E-state index in [2.05, 4.69) is 26.9 Å². The molecule has 31 heavy (non-hydrogen) atoms. The Labute approximate surface area is 191 Å². The summed E-state index contributed by atoms with van der Waals surface area (Å²) in [5.74, 6) is -0.0120. The molecule has 2 fully saturated rings. The predicted molar refractivity (Wildman–Crippen MR) is 123 cm³/mol. The van der Waals surface area contributed by atoms with E-state index in [4.69, 9.17) is 5.26 Å². The van der Waals surface area contributed by atoms with Crippen LogP contribution in [0.15, 0.2) is 53.0 Å². The van der Waals surface area contributed by atoms with Crippen LogP contribution in [0.25, 0.3) is 0 Å². The molecular formula is C24H25BrN4O2. The molecule has 6 nitrogen and oxygen atoms in total. The minimum atomic E-state index is -0.377. The first-order valence-electron chi connectivity index (χ1n) is 10.7. The number of likely N-dealkylation sites (tertiary alicyclic amines) is 1. The second kappa shape index (κ2) is 9.52. The fraction of sp³-hybridized carbons (Fsp3) is 0.375. The largest absolute Gasteiger partial charge is 0.370 e. The molecule has 2 aromatic rings. The lowest BCUT2D eigenvalue weighted by molar-refractivity contribution is -0.135. The van der Waals surface area contributed by atoms with E-state index in [0.717, 1.165) is 42.5 Å². The molecule has 0 saturated carbocycles. The molecule has 0 spiro atoms. The molecule has 160 valence electrons.